The Labute approximate surface area is 212 Å². The van der Waals surface area contributed by atoms with Gasteiger partial charge in [0, 0.05) is 38.2 Å². The highest BCUT2D eigenvalue weighted by Crippen LogP contribution is 2.40. The molecule has 2 fully saturated rings. The summed E-state index contributed by atoms with van der Waals surface area (Å²) in [7, 11) is 0. The summed E-state index contributed by atoms with van der Waals surface area (Å²) in [4.78, 5) is 30.0. The Morgan fingerprint density at radius 1 is 0.944 bits per heavy atom. The smallest absolute Gasteiger partial charge is 0.229 e. The third kappa shape index (κ3) is 5.67. The van der Waals surface area contributed by atoms with Crippen molar-refractivity contribution in [2.24, 2.45) is 5.92 Å². The molecular weight excluding hydrogens is 462 g/mol. The lowest BCUT2D eigenvalue weighted by molar-refractivity contribution is -0.122. The normalized spacial score (nSPS) is 17.8. The van der Waals surface area contributed by atoms with E-state index in [1.165, 1.54) is 0 Å². The van der Waals surface area contributed by atoms with Gasteiger partial charge in [0.05, 0.1) is 56.0 Å². The predicted molar refractivity (Wildman–Crippen MR) is 139 cm³/mol. The molecule has 2 amide bonds. The first-order valence-electron chi connectivity index (χ1n) is 12.6. The second kappa shape index (κ2) is 12.0. The van der Waals surface area contributed by atoms with E-state index in [1.54, 1.807) is 4.90 Å². The standard InChI is InChI=1S/C27H35N3O6/c1-4-34-23-10-8-7-9-21(23)30-18-19(15-26(30)31)27(32)28-20-16-25(36-6-3)22(17-24(20)35-5-2)29-11-13-33-14-12-29/h7-10,16-17,19H,4-6,11-15,18H2,1-3H3,(H,28,32)/t19-/m1/s1. The number of nitrogens with one attached hydrogen (secondary N) is 1. The van der Waals surface area contributed by atoms with E-state index in [0.29, 0.717) is 61.7 Å². The highest BCUT2D eigenvalue weighted by Gasteiger charge is 2.36. The number of anilines is 3. The number of para-hydroxylation sites is 2. The van der Waals surface area contributed by atoms with Gasteiger partial charge >= 0.3 is 0 Å². The molecule has 2 aliphatic heterocycles. The van der Waals surface area contributed by atoms with Crippen LogP contribution in [0.2, 0.25) is 0 Å². The van der Waals surface area contributed by atoms with E-state index in [9.17, 15) is 9.59 Å². The summed E-state index contributed by atoms with van der Waals surface area (Å²) in [5.74, 6) is 1.03. The van der Waals surface area contributed by atoms with Crippen molar-refractivity contribution in [2.75, 3.05) is 67.8 Å². The maximum Gasteiger partial charge on any atom is 0.229 e. The highest BCUT2D eigenvalue weighted by molar-refractivity contribution is 6.04. The molecule has 0 aliphatic carbocycles. The predicted octanol–water partition coefficient (Wildman–Crippen LogP) is 3.71. The van der Waals surface area contributed by atoms with Crippen molar-refractivity contribution in [1.29, 1.82) is 0 Å². The molecule has 2 saturated heterocycles. The number of morpholine rings is 1. The molecule has 36 heavy (non-hydrogen) atoms. The summed E-state index contributed by atoms with van der Waals surface area (Å²) in [5.41, 5.74) is 2.13. The van der Waals surface area contributed by atoms with Crippen LogP contribution >= 0.6 is 0 Å². The molecule has 2 aliphatic rings. The maximum absolute atomic E-state index is 13.3. The Bertz CT molecular complexity index is 1070. The molecule has 1 atom stereocenters. The number of rotatable bonds is 10. The van der Waals surface area contributed by atoms with Crippen LogP contribution < -0.4 is 29.3 Å². The third-order valence-corrected chi connectivity index (χ3v) is 6.22. The topological polar surface area (TPSA) is 89.6 Å². The van der Waals surface area contributed by atoms with E-state index in [0.717, 1.165) is 18.8 Å². The van der Waals surface area contributed by atoms with Gasteiger partial charge in [-0.1, -0.05) is 12.1 Å². The van der Waals surface area contributed by atoms with Crippen LogP contribution in [0.5, 0.6) is 17.2 Å². The number of nitrogens with zero attached hydrogens (tertiary/aromatic N) is 2. The van der Waals surface area contributed by atoms with Crippen LogP contribution in [0.25, 0.3) is 0 Å². The van der Waals surface area contributed by atoms with Crippen LogP contribution in [0.1, 0.15) is 27.2 Å². The number of ether oxygens (including phenoxy) is 4. The number of carbonyl (C=O) groups is 2. The van der Waals surface area contributed by atoms with Crippen molar-refractivity contribution >= 4 is 28.9 Å². The third-order valence-electron chi connectivity index (χ3n) is 6.22. The molecule has 2 aromatic carbocycles. The fourth-order valence-electron chi connectivity index (χ4n) is 4.55. The lowest BCUT2D eigenvalue weighted by Crippen LogP contribution is -2.36. The van der Waals surface area contributed by atoms with Gasteiger partial charge in [-0.05, 0) is 32.9 Å². The minimum Gasteiger partial charge on any atom is -0.492 e. The van der Waals surface area contributed by atoms with Gasteiger partial charge in [0.15, 0.2) is 0 Å². The van der Waals surface area contributed by atoms with Crippen molar-refractivity contribution in [3.8, 4) is 17.2 Å². The van der Waals surface area contributed by atoms with Gasteiger partial charge in [0.25, 0.3) is 0 Å². The van der Waals surface area contributed by atoms with Crippen LogP contribution in [0, 0.1) is 5.92 Å². The molecule has 0 bridgehead atoms. The molecule has 0 saturated carbocycles. The van der Waals surface area contributed by atoms with Crippen LogP contribution in [0.15, 0.2) is 36.4 Å². The summed E-state index contributed by atoms with van der Waals surface area (Å²) in [6.45, 7) is 10.2. The molecule has 194 valence electrons. The highest BCUT2D eigenvalue weighted by atomic mass is 16.5. The Balaban J connectivity index is 1.55. The minimum atomic E-state index is -0.504. The number of hydrogen-bond donors (Lipinski definition) is 1. The summed E-state index contributed by atoms with van der Waals surface area (Å²) < 4.78 is 23.0. The van der Waals surface area contributed by atoms with Gasteiger partial charge in [0.2, 0.25) is 11.8 Å². The number of benzene rings is 2. The Kier molecular flexibility index (Phi) is 8.53. The maximum atomic E-state index is 13.3. The molecule has 2 aromatic rings. The number of hydrogen-bond acceptors (Lipinski definition) is 7. The molecule has 4 rings (SSSR count). The van der Waals surface area contributed by atoms with Gasteiger partial charge in [-0.25, -0.2) is 0 Å². The lowest BCUT2D eigenvalue weighted by atomic mass is 10.1. The zero-order valence-corrected chi connectivity index (χ0v) is 21.2. The number of amides is 2. The molecule has 9 nitrogen and oxygen atoms in total. The molecule has 0 spiro atoms. The van der Waals surface area contributed by atoms with Crippen molar-refractivity contribution in [3.63, 3.8) is 0 Å². The summed E-state index contributed by atoms with van der Waals surface area (Å²) in [6, 6.07) is 11.1. The SMILES string of the molecule is CCOc1cc(N2CCOCC2)c(OCC)cc1NC(=O)[C@@H]1CC(=O)N(c2ccccc2OCC)C1. The molecular formula is C27H35N3O6. The first-order chi connectivity index (χ1) is 17.5. The van der Waals surface area contributed by atoms with E-state index in [1.807, 2.05) is 57.2 Å². The Morgan fingerprint density at radius 2 is 1.61 bits per heavy atom. The zero-order chi connectivity index (χ0) is 25.5. The summed E-state index contributed by atoms with van der Waals surface area (Å²) in [6.07, 6.45) is 0.125. The van der Waals surface area contributed by atoms with Gasteiger partial charge in [0.1, 0.15) is 17.2 Å². The minimum absolute atomic E-state index is 0.106. The summed E-state index contributed by atoms with van der Waals surface area (Å²) >= 11 is 0. The van der Waals surface area contributed by atoms with Crippen molar-refractivity contribution < 1.29 is 28.5 Å². The largest absolute Gasteiger partial charge is 0.492 e. The number of carbonyl (C=O) groups excluding carboxylic acids is 2. The van der Waals surface area contributed by atoms with Crippen LogP contribution in [-0.2, 0) is 14.3 Å². The fraction of sp³-hybridized carbons (Fsp3) is 0.481. The van der Waals surface area contributed by atoms with Crippen LogP contribution in [-0.4, -0.2) is 64.5 Å². The van der Waals surface area contributed by atoms with E-state index in [2.05, 4.69) is 10.2 Å². The molecule has 2 heterocycles. The molecule has 0 unspecified atom stereocenters. The molecule has 1 N–H and O–H groups in total. The second-order valence-corrected chi connectivity index (χ2v) is 8.58. The van der Waals surface area contributed by atoms with E-state index >= 15 is 0 Å². The average Bonchev–Trinajstić information content (AvgIpc) is 3.28. The summed E-state index contributed by atoms with van der Waals surface area (Å²) in [5, 5.41) is 3.00. The fourth-order valence-corrected chi connectivity index (χ4v) is 4.55. The molecule has 0 aromatic heterocycles. The van der Waals surface area contributed by atoms with Gasteiger partial charge in [-0.2, -0.15) is 0 Å². The zero-order valence-electron chi connectivity index (χ0n) is 21.2. The molecule has 9 heteroatoms. The monoisotopic (exact) mass is 497 g/mol. The van der Waals surface area contributed by atoms with Gasteiger partial charge in [-0.3, -0.25) is 9.59 Å². The van der Waals surface area contributed by atoms with Gasteiger partial charge in [-0.15, -0.1) is 0 Å². The average molecular weight is 498 g/mol. The molecule has 0 radical (unpaired) electrons. The van der Waals surface area contributed by atoms with Crippen molar-refractivity contribution in [3.05, 3.63) is 36.4 Å². The van der Waals surface area contributed by atoms with Gasteiger partial charge < -0.3 is 34.1 Å². The lowest BCUT2D eigenvalue weighted by Gasteiger charge is -2.31. The van der Waals surface area contributed by atoms with Crippen molar-refractivity contribution in [2.45, 2.75) is 27.2 Å². The van der Waals surface area contributed by atoms with Crippen LogP contribution in [0.4, 0.5) is 17.1 Å². The Morgan fingerprint density at radius 3 is 2.33 bits per heavy atom. The Hall–Kier alpha value is -3.46. The second-order valence-electron chi connectivity index (χ2n) is 8.58. The van der Waals surface area contributed by atoms with Crippen LogP contribution in [0.3, 0.4) is 0 Å². The van der Waals surface area contributed by atoms with Crippen molar-refractivity contribution in [1.82, 2.24) is 0 Å². The first kappa shape index (κ1) is 25.6. The van der Waals surface area contributed by atoms with E-state index in [4.69, 9.17) is 18.9 Å². The van der Waals surface area contributed by atoms with E-state index in [-0.39, 0.29) is 24.8 Å². The van der Waals surface area contributed by atoms with E-state index < -0.39 is 5.92 Å². The first-order valence-corrected chi connectivity index (χ1v) is 12.6. The quantitative estimate of drug-likeness (QED) is 0.535.